The highest BCUT2D eigenvalue weighted by atomic mass is 32.1. The lowest BCUT2D eigenvalue weighted by atomic mass is 9.81. The molecule has 1 aromatic heterocycles. The Kier molecular flexibility index (Phi) is 2.96. The molecule has 3 heteroatoms. The molecule has 0 aliphatic heterocycles. The molecule has 2 N–H and O–H groups in total. The van der Waals surface area contributed by atoms with Gasteiger partial charge in [0, 0.05) is 11.1 Å². The Morgan fingerprint density at radius 2 is 1.94 bits per heavy atom. The molecule has 1 aliphatic carbocycles. The van der Waals surface area contributed by atoms with Gasteiger partial charge in [-0.05, 0) is 49.3 Å². The van der Waals surface area contributed by atoms with Crippen LogP contribution < -0.4 is 5.73 Å². The van der Waals surface area contributed by atoms with Crippen molar-refractivity contribution in [2.24, 2.45) is 11.1 Å². The van der Waals surface area contributed by atoms with Gasteiger partial charge in [-0.1, -0.05) is 24.3 Å². The van der Waals surface area contributed by atoms with E-state index in [-0.39, 0.29) is 5.41 Å². The summed E-state index contributed by atoms with van der Waals surface area (Å²) in [5, 5.41) is 1.15. The zero-order valence-electron chi connectivity index (χ0n) is 10.6. The second kappa shape index (κ2) is 4.48. The molecule has 0 atom stereocenters. The van der Waals surface area contributed by atoms with E-state index < -0.39 is 0 Å². The average molecular weight is 258 g/mol. The van der Waals surface area contributed by atoms with Gasteiger partial charge in [0.05, 0.1) is 5.01 Å². The van der Waals surface area contributed by atoms with Crippen molar-refractivity contribution in [2.75, 3.05) is 6.54 Å². The fourth-order valence-electron chi connectivity index (χ4n) is 2.97. The number of thiazole rings is 1. The maximum absolute atomic E-state index is 6.09. The number of fused-ring (bicyclic) bond motifs is 1. The van der Waals surface area contributed by atoms with E-state index in [1.54, 1.807) is 11.3 Å². The van der Waals surface area contributed by atoms with E-state index in [2.05, 4.69) is 36.2 Å². The van der Waals surface area contributed by atoms with Gasteiger partial charge in [0.1, 0.15) is 0 Å². The second-order valence-corrected chi connectivity index (χ2v) is 6.67. The summed E-state index contributed by atoms with van der Waals surface area (Å²) in [7, 11) is 0. The first-order chi connectivity index (χ1) is 8.71. The third-order valence-electron chi connectivity index (χ3n) is 3.90. The van der Waals surface area contributed by atoms with Gasteiger partial charge in [-0.3, -0.25) is 0 Å². The fraction of sp³-hybridized carbons (Fsp3) is 0.400. The number of aryl methyl sites for hydroxylation is 1. The third kappa shape index (κ3) is 2.08. The summed E-state index contributed by atoms with van der Waals surface area (Å²) in [6.45, 7) is 2.81. The highest BCUT2D eigenvalue weighted by molar-refractivity contribution is 7.11. The van der Waals surface area contributed by atoms with E-state index >= 15 is 0 Å². The Balaban J connectivity index is 1.86. The van der Waals surface area contributed by atoms with Gasteiger partial charge in [0.15, 0.2) is 0 Å². The first-order valence-electron chi connectivity index (χ1n) is 6.39. The summed E-state index contributed by atoms with van der Waals surface area (Å²) in [5.74, 6) is 0. The van der Waals surface area contributed by atoms with Gasteiger partial charge in [-0.2, -0.15) is 0 Å². The number of rotatable bonds is 3. The predicted molar refractivity (Wildman–Crippen MR) is 75.9 cm³/mol. The molecule has 18 heavy (non-hydrogen) atoms. The average Bonchev–Trinajstić information content (AvgIpc) is 2.93. The largest absolute Gasteiger partial charge is 0.330 e. The first kappa shape index (κ1) is 11.9. The van der Waals surface area contributed by atoms with Gasteiger partial charge in [0.2, 0.25) is 0 Å². The van der Waals surface area contributed by atoms with E-state index in [0.717, 1.165) is 30.8 Å². The molecule has 0 saturated heterocycles. The minimum absolute atomic E-state index is 0.211. The van der Waals surface area contributed by atoms with Crippen LogP contribution in [0.1, 0.15) is 21.0 Å². The van der Waals surface area contributed by atoms with Crippen LogP contribution in [0.15, 0.2) is 30.5 Å². The van der Waals surface area contributed by atoms with E-state index in [9.17, 15) is 0 Å². The molecule has 0 bridgehead atoms. The summed E-state index contributed by atoms with van der Waals surface area (Å²) in [6, 6.07) is 8.74. The van der Waals surface area contributed by atoms with Crippen molar-refractivity contribution < 1.29 is 0 Å². The Bertz CT molecular complexity index is 534. The van der Waals surface area contributed by atoms with Gasteiger partial charge in [-0.25, -0.2) is 4.98 Å². The van der Waals surface area contributed by atoms with Gasteiger partial charge < -0.3 is 5.73 Å². The molecule has 2 nitrogen and oxygen atoms in total. The predicted octanol–water partition coefficient (Wildman–Crippen LogP) is 2.74. The van der Waals surface area contributed by atoms with Crippen molar-refractivity contribution in [2.45, 2.75) is 26.2 Å². The van der Waals surface area contributed by atoms with Crippen molar-refractivity contribution >= 4 is 11.3 Å². The highest BCUT2D eigenvalue weighted by Crippen LogP contribution is 2.39. The molecule has 0 fully saturated rings. The van der Waals surface area contributed by atoms with E-state index in [1.807, 2.05) is 6.20 Å². The Labute approximate surface area is 112 Å². The van der Waals surface area contributed by atoms with Crippen LogP contribution in [-0.2, 0) is 19.3 Å². The molecule has 1 aromatic carbocycles. The summed E-state index contributed by atoms with van der Waals surface area (Å²) >= 11 is 1.80. The molecule has 0 radical (unpaired) electrons. The van der Waals surface area contributed by atoms with Crippen molar-refractivity contribution in [3.05, 3.63) is 51.5 Å². The Morgan fingerprint density at radius 1 is 1.28 bits per heavy atom. The minimum atomic E-state index is 0.211. The summed E-state index contributed by atoms with van der Waals surface area (Å²) in [6.07, 6.45) is 5.29. The monoisotopic (exact) mass is 258 g/mol. The number of hydrogen-bond donors (Lipinski definition) is 1. The summed E-state index contributed by atoms with van der Waals surface area (Å²) in [4.78, 5) is 5.72. The molecule has 0 saturated carbocycles. The van der Waals surface area contributed by atoms with E-state index in [1.165, 1.54) is 16.0 Å². The molecule has 2 aromatic rings. The van der Waals surface area contributed by atoms with Crippen LogP contribution in [0.2, 0.25) is 0 Å². The van der Waals surface area contributed by atoms with Crippen molar-refractivity contribution in [3.63, 3.8) is 0 Å². The van der Waals surface area contributed by atoms with E-state index in [0.29, 0.717) is 0 Å². The number of nitrogens with two attached hydrogens (primary N) is 1. The van der Waals surface area contributed by atoms with Crippen LogP contribution in [0.4, 0.5) is 0 Å². The van der Waals surface area contributed by atoms with Crippen LogP contribution in [0, 0.1) is 12.3 Å². The van der Waals surface area contributed by atoms with Crippen LogP contribution in [0.5, 0.6) is 0 Å². The molecule has 3 rings (SSSR count). The number of nitrogens with zero attached hydrogens (tertiary/aromatic N) is 1. The van der Waals surface area contributed by atoms with Crippen molar-refractivity contribution in [3.8, 4) is 0 Å². The maximum atomic E-state index is 6.09. The lowest BCUT2D eigenvalue weighted by Crippen LogP contribution is -2.33. The van der Waals surface area contributed by atoms with Gasteiger partial charge >= 0.3 is 0 Å². The molecule has 1 heterocycles. The molecule has 94 valence electrons. The van der Waals surface area contributed by atoms with Crippen LogP contribution in [0.3, 0.4) is 0 Å². The van der Waals surface area contributed by atoms with Crippen LogP contribution in [-0.4, -0.2) is 11.5 Å². The summed E-state index contributed by atoms with van der Waals surface area (Å²) in [5.41, 5.74) is 9.25. The smallest absolute Gasteiger partial charge is 0.0896 e. The minimum Gasteiger partial charge on any atom is -0.330 e. The SMILES string of the molecule is Cc1ncc(CC2(CN)Cc3ccccc3C2)s1. The fourth-order valence-corrected chi connectivity index (χ4v) is 3.94. The van der Waals surface area contributed by atoms with Gasteiger partial charge in [0.25, 0.3) is 0 Å². The van der Waals surface area contributed by atoms with Crippen LogP contribution >= 0.6 is 11.3 Å². The highest BCUT2D eigenvalue weighted by Gasteiger charge is 2.36. The number of aromatic nitrogens is 1. The Hall–Kier alpha value is -1.19. The maximum Gasteiger partial charge on any atom is 0.0896 e. The van der Waals surface area contributed by atoms with E-state index in [4.69, 9.17) is 5.73 Å². The molecular weight excluding hydrogens is 240 g/mol. The quantitative estimate of drug-likeness (QED) is 0.919. The molecule has 0 amide bonds. The zero-order valence-corrected chi connectivity index (χ0v) is 11.5. The van der Waals surface area contributed by atoms with Crippen molar-refractivity contribution in [1.82, 2.24) is 4.98 Å². The topological polar surface area (TPSA) is 38.9 Å². The molecule has 1 aliphatic rings. The molecule has 0 spiro atoms. The molecule has 0 unspecified atom stereocenters. The number of benzene rings is 1. The normalized spacial score (nSPS) is 16.8. The summed E-state index contributed by atoms with van der Waals surface area (Å²) < 4.78 is 0. The van der Waals surface area contributed by atoms with Crippen molar-refractivity contribution in [1.29, 1.82) is 0 Å². The zero-order chi connectivity index (χ0) is 12.6. The number of hydrogen-bond acceptors (Lipinski definition) is 3. The standard InChI is InChI=1S/C15H18N2S/c1-11-17-9-14(18-11)8-15(10-16)6-12-4-2-3-5-13(12)7-15/h2-5,9H,6-8,10,16H2,1H3. The lowest BCUT2D eigenvalue weighted by molar-refractivity contribution is 0.317. The van der Waals surface area contributed by atoms with Gasteiger partial charge in [-0.15, -0.1) is 11.3 Å². The Morgan fingerprint density at radius 3 is 2.44 bits per heavy atom. The second-order valence-electron chi connectivity index (χ2n) is 5.35. The first-order valence-corrected chi connectivity index (χ1v) is 7.21. The molecular formula is C15H18N2S. The van der Waals surface area contributed by atoms with Crippen LogP contribution in [0.25, 0.3) is 0 Å². The third-order valence-corrected chi connectivity index (χ3v) is 4.81. The lowest BCUT2D eigenvalue weighted by Gasteiger charge is -2.26.